The molecule has 0 spiro atoms. The van der Waals surface area contributed by atoms with Gasteiger partial charge in [-0.25, -0.2) is 4.98 Å². The fourth-order valence-electron chi connectivity index (χ4n) is 1.42. The summed E-state index contributed by atoms with van der Waals surface area (Å²) >= 11 is 2.41. The lowest BCUT2D eigenvalue weighted by molar-refractivity contribution is -0.301. The summed E-state index contributed by atoms with van der Waals surface area (Å²) in [6.07, 6.45) is 0. The molecule has 0 amide bonds. The fourth-order valence-corrected chi connectivity index (χ4v) is 3.03. The Labute approximate surface area is 105 Å². The van der Waals surface area contributed by atoms with Crippen LogP contribution < -0.4 is 10.7 Å². The summed E-state index contributed by atoms with van der Waals surface area (Å²) < 4.78 is 1.36. The van der Waals surface area contributed by atoms with E-state index in [0.29, 0.717) is 15.4 Å². The summed E-state index contributed by atoms with van der Waals surface area (Å²) in [5.74, 6) is -1.39. The van der Waals surface area contributed by atoms with E-state index in [4.69, 9.17) is 0 Å². The van der Waals surface area contributed by atoms with Crippen molar-refractivity contribution in [3.63, 3.8) is 0 Å². The van der Waals surface area contributed by atoms with Crippen LogP contribution in [0.4, 0.5) is 0 Å². The van der Waals surface area contributed by atoms with Gasteiger partial charge in [-0.3, -0.25) is 9.36 Å². The SMILES string of the molecule is Cc1cc2c(=O)n(C)c(SCC(=O)[O-])nc2s1. The second-order valence-corrected chi connectivity index (χ2v) is 5.67. The monoisotopic (exact) mass is 269 g/mol. The zero-order chi connectivity index (χ0) is 12.6. The highest BCUT2D eigenvalue weighted by Crippen LogP contribution is 2.23. The minimum absolute atomic E-state index is 0.153. The maximum atomic E-state index is 12.0. The maximum absolute atomic E-state index is 12.0. The molecule has 0 saturated heterocycles. The van der Waals surface area contributed by atoms with Gasteiger partial charge >= 0.3 is 0 Å². The average Bonchev–Trinajstić information content (AvgIpc) is 2.62. The Hall–Kier alpha value is -1.34. The van der Waals surface area contributed by atoms with Crippen molar-refractivity contribution >= 4 is 39.3 Å². The minimum Gasteiger partial charge on any atom is -0.549 e. The molecule has 0 saturated carbocycles. The van der Waals surface area contributed by atoms with E-state index in [2.05, 4.69) is 4.98 Å². The first-order valence-electron chi connectivity index (χ1n) is 4.79. The van der Waals surface area contributed by atoms with E-state index in [9.17, 15) is 14.7 Å². The van der Waals surface area contributed by atoms with Crippen molar-refractivity contribution in [1.29, 1.82) is 0 Å². The predicted molar refractivity (Wildman–Crippen MR) is 65.3 cm³/mol. The van der Waals surface area contributed by atoms with E-state index in [1.807, 2.05) is 6.92 Å². The predicted octanol–water partition coefficient (Wildman–Crippen LogP) is 0.145. The molecule has 0 aliphatic heterocycles. The van der Waals surface area contributed by atoms with Crippen molar-refractivity contribution in [2.75, 3.05) is 5.75 Å². The maximum Gasteiger partial charge on any atom is 0.262 e. The Morgan fingerprint density at radius 2 is 2.35 bits per heavy atom. The third-order valence-corrected chi connectivity index (χ3v) is 4.12. The van der Waals surface area contributed by atoms with Crippen LogP contribution in [0.5, 0.6) is 0 Å². The fraction of sp³-hybridized carbons (Fsp3) is 0.300. The summed E-state index contributed by atoms with van der Waals surface area (Å²) in [6.45, 7) is 1.90. The van der Waals surface area contributed by atoms with Crippen molar-refractivity contribution in [1.82, 2.24) is 9.55 Å². The number of hydrogen-bond acceptors (Lipinski definition) is 6. The van der Waals surface area contributed by atoms with Crippen molar-refractivity contribution < 1.29 is 9.90 Å². The quantitative estimate of drug-likeness (QED) is 0.585. The largest absolute Gasteiger partial charge is 0.549 e. The van der Waals surface area contributed by atoms with Gasteiger partial charge in [-0.1, -0.05) is 11.8 Å². The van der Waals surface area contributed by atoms with E-state index in [-0.39, 0.29) is 11.3 Å². The molecule has 2 heterocycles. The first-order chi connectivity index (χ1) is 7.99. The number of nitrogens with zero attached hydrogens (tertiary/aromatic N) is 2. The van der Waals surface area contributed by atoms with Crippen molar-refractivity contribution in [2.45, 2.75) is 12.1 Å². The third kappa shape index (κ3) is 2.34. The van der Waals surface area contributed by atoms with E-state index in [1.165, 1.54) is 15.9 Å². The van der Waals surface area contributed by atoms with Gasteiger partial charge in [-0.05, 0) is 13.0 Å². The minimum atomic E-state index is -1.17. The van der Waals surface area contributed by atoms with E-state index >= 15 is 0 Å². The van der Waals surface area contributed by atoms with Gasteiger partial charge in [0.2, 0.25) is 0 Å². The lowest BCUT2D eigenvalue weighted by atomic mass is 10.4. The highest BCUT2D eigenvalue weighted by molar-refractivity contribution is 7.99. The topological polar surface area (TPSA) is 75.0 Å². The van der Waals surface area contributed by atoms with Crippen molar-refractivity contribution in [3.05, 3.63) is 21.3 Å². The summed E-state index contributed by atoms with van der Waals surface area (Å²) in [7, 11) is 1.58. The lowest BCUT2D eigenvalue weighted by Crippen LogP contribution is -2.25. The molecule has 0 bridgehead atoms. The standard InChI is InChI=1S/C10H10N2O3S2/c1-5-3-6-8(17-5)11-10(12(2)9(6)15)16-4-7(13)14/h3H,4H2,1-2H3,(H,13,14)/p-1. The molecular formula is C10H9N2O3S2-. The van der Waals surface area contributed by atoms with Crippen LogP contribution in [0.2, 0.25) is 0 Å². The number of aryl methyl sites for hydroxylation is 1. The van der Waals surface area contributed by atoms with Crippen molar-refractivity contribution in [2.24, 2.45) is 7.05 Å². The normalized spacial score (nSPS) is 10.9. The molecular weight excluding hydrogens is 260 g/mol. The second-order valence-electron chi connectivity index (χ2n) is 3.50. The molecule has 7 heteroatoms. The molecule has 2 rings (SSSR count). The first-order valence-corrected chi connectivity index (χ1v) is 6.59. The number of carbonyl (C=O) groups excluding carboxylic acids is 1. The molecule has 0 radical (unpaired) electrons. The van der Waals surface area contributed by atoms with Gasteiger partial charge in [0.15, 0.2) is 5.16 Å². The Morgan fingerprint density at radius 1 is 1.65 bits per heavy atom. The molecule has 90 valence electrons. The number of carbonyl (C=O) groups is 1. The molecule has 2 aromatic rings. The van der Waals surface area contributed by atoms with Crippen LogP contribution in [0.1, 0.15) is 4.88 Å². The van der Waals surface area contributed by atoms with E-state index < -0.39 is 5.97 Å². The number of aliphatic carboxylic acids is 1. The van der Waals surface area contributed by atoms with Gasteiger partial charge in [0.05, 0.1) is 11.4 Å². The van der Waals surface area contributed by atoms with Crippen LogP contribution in [0.15, 0.2) is 16.0 Å². The van der Waals surface area contributed by atoms with Crippen molar-refractivity contribution in [3.8, 4) is 0 Å². The second kappa shape index (κ2) is 4.50. The Bertz CT molecular complexity index is 645. The van der Waals surface area contributed by atoms with Crippen LogP contribution in [-0.2, 0) is 11.8 Å². The van der Waals surface area contributed by atoms with E-state index in [0.717, 1.165) is 16.6 Å². The van der Waals surface area contributed by atoms with Gasteiger partial charge < -0.3 is 9.90 Å². The zero-order valence-corrected chi connectivity index (χ0v) is 10.9. The summed E-state index contributed by atoms with van der Waals surface area (Å²) in [4.78, 5) is 28.3. The molecule has 0 fully saturated rings. The highest BCUT2D eigenvalue weighted by atomic mass is 32.2. The Morgan fingerprint density at radius 3 is 3.00 bits per heavy atom. The third-order valence-electron chi connectivity index (χ3n) is 2.17. The molecule has 0 aliphatic carbocycles. The van der Waals surface area contributed by atoms with Crippen LogP contribution in [0.25, 0.3) is 10.2 Å². The number of aromatic nitrogens is 2. The first kappa shape index (κ1) is 12.1. The summed E-state index contributed by atoms with van der Waals surface area (Å²) in [6, 6.07) is 1.79. The van der Waals surface area contributed by atoms with Gasteiger partial charge in [0.1, 0.15) is 4.83 Å². The van der Waals surface area contributed by atoms with E-state index in [1.54, 1.807) is 13.1 Å². The number of carboxylic acid groups (broad SMARTS) is 1. The molecule has 0 unspecified atom stereocenters. The average molecular weight is 269 g/mol. The van der Waals surface area contributed by atoms with Gasteiger partial charge in [-0.15, -0.1) is 11.3 Å². The number of carboxylic acids is 1. The number of thiophene rings is 1. The molecule has 17 heavy (non-hydrogen) atoms. The lowest BCUT2D eigenvalue weighted by Gasteiger charge is -2.06. The molecule has 0 aromatic carbocycles. The molecule has 0 N–H and O–H groups in total. The van der Waals surface area contributed by atoms with Crippen LogP contribution in [0, 0.1) is 6.92 Å². The summed E-state index contributed by atoms with van der Waals surface area (Å²) in [5, 5.41) is 11.4. The molecule has 0 aliphatic rings. The highest BCUT2D eigenvalue weighted by Gasteiger charge is 2.10. The van der Waals surface area contributed by atoms with Gasteiger partial charge in [-0.2, -0.15) is 0 Å². The number of thioether (sulfide) groups is 1. The number of rotatable bonds is 3. The van der Waals surface area contributed by atoms with Crippen LogP contribution in [-0.4, -0.2) is 21.3 Å². The van der Waals surface area contributed by atoms with Crippen LogP contribution >= 0.6 is 23.1 Å². The smallest absolute Gasteiger partial charge is 0.262 e. The number of hydrogen-bond donors (Lipinski definition) is 0. The Balaban J connectivity index is 2.53. The molecule has 5 nitrogen and oxygen atoms in total. The van der Waals surface area contributed by atoms with Gasteiger partial charge in [0, 0.05) is 17.7 Å². The molecule has 2 aromatic heterocycles. The van der Waals surface area contributed by atoms with Crippen LogP contribution in [0.3, 0.4) is 0 Å². The summed E-state index contributed by atoms with van der Waals surface area (Å²) in [5.41, 5.74) is -0.153. The number of fused-ring (bicyclic) bond motifs is 1. The molecule has 0 atom stereocenters. The van der Waals surface area contributed by atoms with Gasteiger partial charge in [0.25, 0.3) is 5.56 Å². The Kier molecular flexibility index (Phi) is 3.21. The zero-order valence-electron chi connectivity index (χ0n) is 9.22.